The van der Waals surface area contributed by atoms with Crippen molar-refractivity contribution < 1.29 is 27.6 Å². The number of alkyl halides is 3. The number of amides is 3. The second-order valence-electron chi connectivity index (χ2n) is 4.90. The summed E-state index contributed by atoms with van der Waals surface area (Å²) in [5.74, 6) is -1.99. The molecular formula is C14H16F3N3O3. The highest BCUT2D eigenvalue weighted by atomic mass is 19.4. The van der Waals surface area contributed by atoms with Gasteiger partial charge in [0, 0.05) is 18.0 Å². The normalized spacial score (nSPS) is 12.3. The van der Waals surface area contributed by atoms with Crippen LogP contribution in [0.15, 0.2) is 24.3 Å². The molecule has 0 heterocycles. The molecule has 0 aliphatic rings. The summed E-state index contributed by atoms with van der Waals surface area (Å²) >= 11 is 0. The number of halogens is 3. The average molecular weight is 331 g/mol. The second kappa shape index (κ2) is 7.61. The highest BCUT2D eigenvalue weighted by Gasteiger charge is 2.30. The van der Waals surface area contributed by atoms with Gasteiger partial charge in [0.15, 0.2) is 0 Å². The molecule has 9 heteroatoms. The first-order valence-electron chi connectivity index (χ1n) is 6.62. The molecule has 1 atom stereocenters. The van der Waals surface area contributed by atoms with Crippen LogP contribution in [0.4, 0.5) is 13.2 Å². The van der Waals surface area contributed by atoms with E-state index in [0.717, 1.165) is 12.1 Å². The zero-order valence-electron chi connectivity index (χ0n) is 12.2. The Morgan fingerprint density at radius 1 is 1.26 bits per heavy atom. The summed E-state index contributed by atoms with van der Waals surface area (Å²) in [4.78, 5) is 34.0. The number of nitrogens with two attached hydrogens (primary N) is 1. The number of carbonyl (C=O) groups excluding carboxylic acids is 3. The smallest absolute Gasteiger partial charge is 0.370 e. The number of benzene rings is 1. The molecule has 1 unspecified atom stereocenters. The molecule has 1 aromatic rings. The van der Waals surface area contributed by atoms with Crippen LogP contribution in [0.1, 0.15) is 29.3 Å². The summed E-state index contributed by atoms with van der Waals surface area (Å²) in [6.45, 7) is 1.12. The quantitative estimate of drug-likeness (QED) is 0.719. The number of hydrogen-bond acceptors (Lipinski definition) is 3. The van der Waals surface area contributed by atoms with Gasteiger partial charge in [-0.25, -0.2) is 0 Å². The van der Waals surface area contributed by atoms with Crippen molar-refractivity contribution in [1.29, 1.82) is 0 Å². The molecule has 1 rings (SSSR count). The van der Waals surface area contributed by atoms with Crippen molar-refractivity contribution in [2.45, 2.75) is 25.6 Å². The molecule has 23 heavy (non-hydrogen) atoms. The van der Waals surface area contributed by atoms with Crippen molar-refractivity contribution in [2.24, 2.45) is 5.73 Å². The lowest BCUT2D eigenvalue weighted by Gasteiger charge is -2.13. The molecular weight excluding hydrogens is 315 g/mol. The van der Waals surface area contributed by atoms with Crippen LogP contribution in [0.3, 0.4) is 0 Å². The van der Waals surface area contributed by atoms with E-state index in [1.54, 1.807) is 6.92 Å². The Bertz CT molecular complexity index is 602. The van der Waals surface area contributed by atoms with Gasteiger partial charge in [0.05, 0.1) is 12.1 Å². The lowest BCUT2D eigenvalue weighted by Crippen LogP contribution is -2.42. The second-order valence-corrected chi connectivity index (χ2v) is 4.90. The van der Waals surface area contributed by atoms with Gasteiger partial charge in [-0.2, -0.15) is 13.2 Å². The summed E-state index contributed by atoms with van der Waals surface area (Å²) in [5, 5.41) is 4.62. The summed E-state index contributed by atoms with van der Waals surface area (Å²) in [5.41, 5.74) is 3.80. The zero-order chi connectivity index (χ0) is 17.6. The van der Waals surface area contributed by atoms with E-state index >= 15 is 0 Å². The summed E-state index contributed by atoms with van der Waals surface area (Å²) in [6, 6.07) is 3.34. The molecule has 0 bridgehead atoms. The maximum Gasteiger partial charge on any atom is 0.416 e. The zero-order valence-corrected chi connectivity index (χ0v) is 12.2. The maximum absolute atomic E-state index is 12.6. The van der Waals surface area contributed by atoms with E-state index in [0.29, 0.717) is 6.07 Å². The van der Waals surface area contributed by atoms with Crippen LogP contribution in [-0.4, -0.2) is 30.3 Å². The minimum absolute atomic E-state index is 0.0622. The largest absolute Gasteiger partial charge is 0.416 e. The molecule has 0 fully saturated rings. The number of nitrogens with one attached hydrogen (secondary N) is 2. The van der Waals surface area contributed by atoms with Gasteiger partial charge in [-0.1, -0.05) is 6.07 Å². The maximum atomic E-state index is 12.6. The third kappa shape index (κ3) is 6.37. The Balaban J connectivity index is 2.57. The van der Waals surface area contributed by atoms with E-state index in [4.69, 9.17) is 5.73 Å². The van der Waals surface area contributed by atoms with E-state index < -0.39 is 42.0 Å². The Morgan fingerprint density at radius 2 is 1.91 bits per heavy atom. The van der Waals surface area contributed by atoms with E-state index in [9.17, 15) is 27.6 Å². The van der Waals surface area contributed by atoms with Gasteiger partial charge < -0.3 is 16.4 Å². The topological polar surface area (TPSA) is 101 Å². The molecule has 0 spiro atoms. The van der Waals surface area contributed by atoms with Gasteiger partial charge in [0.2, 0.25) is 11.8 Å². The average Bonchev–Trinajstić information content (AvgIpc) is 2.43. The Kier molecular flexibility index (Phi) is 6.11. The van der Waals surface area contributed by atoms with E-state index in [2.05, 4.69) is 10.6 Å². The van der Waals surface area contributed by atoms with Crippen molar-refractivity contribution in [1.82, 2.24) is 10.6 Å². The SMILES string of the molecule is CC(CC(N)=O)NC(=O)CNC(=O)c1cccc(C(F)(F)F)c1. The molecule has 0 aliphatic heterocycles. The fourth-order valence-electron chi connectivity index (χ4n) is 1.78. The van der Waals surface area contributed by atoms with Crippen molar-refractivity contribution >= 4 is 17.7 Å². The van der Waals surface area contributed by atoms with Crippen LogP contribution in [0.2, 0.25) is 0 Å². The molecule has 4 N–H and O–H groups in total. The van der Waals surface area contributed by atoms with Crippen LogP contribution in [0.25, 0.3) is 0 Å². The van der Waals surface area contributed by atoms with Gasteiger partial charge in [0.25, 0.3) is 5.91 Å². The van der Waals surface area contributed by atoms with E-state index in [1.165, 1.54) is 6.07 Å². The predicted molar refractivity (Wildman–Crippen MR) is 75.2 cm³/mol. The minimum atomic E-state index is -4.56. The third-order valence-electron chi connectivity index (χ3n) is 2.78. The fourth-order valence-corrected chi connectivity index (χ4v) is 1.78. The van der Waals surface area contributed by atoms with Crippen molar-refractivity contribution in [2.75, 3.05) is 6.54 Å². The lowest BCUT2D eigenvalue weighted by molar-refractivity contribution is -0.137. The molecule has 0 aliphatic carbocycles. The van der Waals surface area contributed by atoms with Crippen molar-refractivity contribution in [3.05, 3.63) is 35.4 Å². The van der Waals surface area contributed by atoms with Crippen molar-refractivity contribution in [3.8, 4) is 0 Å². The van der Waals surface area contributed by atoms with E-state index in [1.807, 2.05) is 0 Å². The molecule has 0 aromatic heterocycles. The van der Waals surface area contributed by atoms with Crippen LogP contribution < -0.4 is 16.4 Å². The number of carbonyl (C=O) groups is 3. The third-order valence-corrected chi connectivity index (χ3v) is 2.78. The summed E-state index contributed by atoms with van der Waals surface area (Å²) in [7, 11) is 0. The van der Waals surface area contributed by atoms with Gasteiger partial charge in [-0.15, -0.1) is 0 Å². The highest BCUT2D eigenvalue weighted by Crippen LogP contribution is 2.29. The molecule has 0 saturated carbocycles. The van der Waals surface area contributed by atoms with Crippen LogP contribution >= 0.6 is 0 Å². The fraction of sp³-hybridized carbons (Fsp3) is 0.357. The lowest BCUT2D eigenvalue weighted by atomic mass is 10.1. The Morgan fingerprint density at radius 3 is 2.48 bits per heavy atom. The van der Waals surface area contributed by atoms with Crippen LogP contribution in [-0.2, 0) is 15.8 Å². The standard InChI is InChI=1S/C14H16F3N3O3/c1-8(5-11(18)21)20-12(22)7-19-13(23)9-3-2-4-10(6-9)14(15,16)17/h2-4,6,8H,5,7H2,1H3,(H2,18,21)(H,19,23)(H,20,22). The number of primary amides is 1. The number of hydrogen-bond donors (Lipinski definition) is 3. The Labute approximate surface area is 130 Å². The van der Waals surface area contributed by atoms with Crippen LogP contribution in [0, 0.1) is 0 Å². The predicted octanol–water partition coefficient (Wildman–Crippen LogP) is 0.815. The van der Waals surface area contributed by atoms with Crippen LogP contribution in [0.5, 0.6) is 0 Å². The Hall–Kier alpha value is -2.58. The molecule has 0 saturated heterocycles. The van der Waals surface area contributed by atoms with Gasteiger partial charge in [-0.05, 0) is 25.1 Å². The first kappa shape index (κ1) is 18.5. The van der Waals surface area contributed by atoms with Crippen molar-refractivity contribution in [3.63, 3.8) is 0 Å². The van der Waals surface area contributed by atoms with Gasteiger partial charge in [-0.3, -0.25) is 14.4 Å². The first-order valence-corrected chi connectivity index (χ1v) is 6.62. The first-order chi connectivity index (χ1) is 10.6. The molecule has 126 valence electrons. The van der Waals surface area contributed by atoms with Gasteiger partial charge in [0.1, 0.15) is 0 Å². The highest BCUT2D eigenvalue weighted by molar-refractivity contribution is 5.96. The monoisotopic (exact) mass is 331 g/mol. The van der Waals surface area contributed by atoms with Gasteiger partial charge >= 0.3 is 6.18 Å². The molecule has 6 nitrogen and oxygen atoms in total. The van der Waals surface area contributed by atoms with E-state index in [-0.39, 0.29) is 12.0 Å². The number of rotatable bonds is 6. The molecule has 0 radical (unpaired) electrons. The minimum Gasteiger partial charge on any atom is -0.370 e. The molecule has 1 aromatic carbocycles. The molecule has 3 amide bonds. The summed E-state index contributed by atoms with van der Waals surface area (Å²) < 4.78 is 37.7. The summed E-state index contributed by atoms with van der Waals surface area (Å²) in [6.07, 6.45) is -4.62.